The number of rotatable bonds is 15. The lowest BCUT2D eigenvalue weighted by Crippen LogP contribution is -2.42. The Labute approximate surface area is 130 Å². The highest BCUT2D eigenvalue weighted by atomic mass is 28.4. The summed E-state index contributed by atoms with van der Waals surface area (Å²) in [7, 11) is 2.65. The lowest BCUT2D eigenvalue weighted by molar-refractivity contribution is 0.122. The Morgan fingerprint density at radius 3 is 1.62 bits per heavy atom. The Hall–Kier alpha value is -0.593. The molecule has 0 aliphatic heterocycles. The molecule has 0 rings (SSSR count). The van der Waals surface area contributed by atoms with Gasteiger partial charge in [0, 0.05) is 38.8 Å². The first-order valence-corrected chi connectivity index (χ1v) is 9.84. The third-order valence-corrected chi connectivity index (χ3v) is 6.57. The van der Waals surface area contributed by atoms with Gasteiger partial charge in [0.2, 0.25) is 0 Å². The van der Waals surface area contributed by atoms with Crippen molar-refractivity contribution in [1.29, 1.82) is 0 Å². The minimum Gasteiger partial charge on any atom is -0.377 e. The summed E-state index contributed by atoms with van der Waals surface area (Å²) >= 11 is 0. The summed E-state index contributed by atoms with van der Waals surface area (Å²) in [5.41, 5.74) is 8.14. The predicted octanol–water partition coefficient (Wildman–Crippen LogP) is 4.69. The molecule has 0 heterocycles. The van der Waals surface area contributed by atoms with Gasteiger partial charge in [0.15, 0.2) is 0 Å². The standard InChI is InChI=1S/C14H31N3O3Si/c1-18-21(19-2,20-3)14-12-10-8-6-4-5-7-9-11-13-16-17-15/h4-14H2,1-3H3. The second kappa shape index (κ2) is 14.3. The average Bonchev–Trinajstić information content (AvgIpc) is 2.53. The van der Waals surface area contributed by atoms with Gasteiger partial charge in [-0.05, 0) is 18.4 Å². The van der Waals surface area contributed by atoms with Crippen LogP contribution in [0.15, 0.2) is 5.11 Å². The fraction of sp³-hybridized carbons (Fsp3) is 1.00. The van der Waals surface area contributed by atoms with Crippen LogP contribution < -0.4 is 0 Å². The molecule has 0 saturated heterocycles. The van der Waals surface area contributed by atoms with E-state index >= 15 is 0 Å². The molecule has 6 nitrogen and oxygen atoms in total. The molecule has 0 aromatic carbocycles. The summed E-state index contributed by atoms with van der Waals surface area (Å²) in [6.07, 6.45) is 10.9. The van der Waals surface area contributed by atoms with Gasteiger partial charge in [-0.2, -0.15) is 0 Å². The first-order valence-electron chi connectivity index (χ1n) is 7.91. The molecule has 0 spiro atoms. The SMILES string of the molecule is CO[Si](CCCCCCCCCCCN=[N+]=[N-])(OC)OC. The van der Waals surface area contributed by atoms with Crippen LogP contribution in [0.5, 0.6) is 0 Å². The van der Waals surface area contributed by atoms with Gasteiger partial charge in [-0.15, -0.1) is 0 Å². The molecule has 7 heteroatoms. The van der Waals surface area contributed by atoms with Crippen LogP contribution in [0.1, 0.15) is 57.8 Å². The van der Waals surface area contributed by atoms with Crippen molar-refractivity contribution in [3.05, 3.63) is 10.4 Å². The van der Waals surface area contributed by atoms with E-state index < -0.39 is 8.80 Å². The highest BCUT2D eigenvalue weighted by molar-refractivity contribution is 6.60. The average molecular weight is 318 g/mol. The van der Waals surface area contributed by atoms with Crippen LogP contribution in [0.3, 0.4) is 0 Å². The molecule has 21 heavy (non-hydrogen) atoms. The third kappa shape index (κ3) is 10.7. The van der Waals surface area contributed by atoms with Crippen LogP contribution >= 0.6 is 0 Å². The van der Waals surface area contributed by atoms with Gasteiger partial charge in [0.05, 0.1) is 0 Å². The quantitative estimate of drug-likeness (QED) is 0.145. The fourth-order valence-corrected chi connectivity index (χ4v) is 4.16. The Bertz CT molecular complexity index is 274. The van der Waals surface area contributed by atoms with E-state index in [0.717, 1.165) is 18.9 Å². The highest BCUT2D eigenvalue weighted by Gasteiger charge is 2.36. The van der Waals surface area contributed by atoms with Gasteiger partial charge >= 0.3 is 8.80 Å². The van der Waals surface area contributed by atoms with Crippen LogP contribution in [-0.2, 0) is 13.3 Å². The van der Waals surface area contributed by atoms with Crippen molar-refractivity contribution < 1.29 is 13.3 Å². The van der Waals surface area contributed by atoms with E-state index in [2.05, 4.69) is 10.0 Å². The van der Waals surface area contributed by atoms with Crippen molar-refractivity contribution in [3.8, 4) is 0 Å². The Kier molecular flexibility index (Phi) is 13.9. The van der Waals surface area contributed by atoms with E-state index in [1.54, 1.807) is 21.3 Å². The lowest BCUT2D eigenvalue weighted by Gasteiger charge is -2.24. The van der Waals surface area contributed by atoms with Gasteiger partial charge < -0.3 is 13.3 Å². The van der Waals surface area contributed by atoms with Crippen LogP contribution in [0.25, 0.3) is 10.4 Å². The largest absolute Gasteiger partial charge is 0.500 e. The van der Waals surface area contributed by atoms with E-state index in [1.165, 1.54) is 44.9 Å². The molecule has 0 aromatic rings. The van der Waals surface area contributed by atoms with Crippen LogP contribution in [0, 0.1) is 0 Å². The molecule has 0 atom stereocenters. The maximum absolute atomic E-state index is 8.14. The summed E-state index contributed by atoms with van der Waals surface area (Å²) < 4.78 is 16.2. The zero-order valence-corrected chi connectivity index (χ0v) is 14.8. The normalized spacial score (nSPS) is 11.4. The molecule has 0 unspecified atom stereocenters. The molecular weight excluding hydrogens is 286 g/mol. The number of unbranched alkanes of at least 4 members (excludes halogenated alkanes) is 8. The highest BCUT2D eigenvalue weighted by Crippen LogP contribution is 2.18. The van der Waals surface area contributed by atoms with Crippen molar-refractivity contribution in [2.45, 2.75) is 63.8 Å². The van der Waals surface area contributed by atoms with Crippen LogP contribution in [0.4, 0.5) is 0 Å². The van der Waals surface area contributed by atoms with Crippen molar-refractivity contribution in [3.63, 3.8) is 0 Å². The topological polar surface area (TPSA) is 76.5 Å². The first kappa shape index (κ1) is 20.4. The van der Waals surface area contributed by atoms with Gasteiger partial charge in [-0.1, -0.05) is 50.1 Å². The minimum atomic E-state index is -2.35. The zero-order valence-electron chi connectivity index (χ0n) is 13.8. The summed E-state index contributed by atoms with van der Waals surface area (Å²) in [5.74, 6) is 0. The summed E-state index contributed by atoms with van der Waals surface area (Å²) in [6, 6.07) is 0.899. The van der Waals surface area contributed by atoms with Crippen molar-refractivity contribution in [2.75, 3.05) is 27.9 Å². The Morgan fingerprint density at radius 2 is 1.19 bits per heavy atom. The lowest BCUT2D eigenvalue weighted by atomic mass is 10.1. The molecule has 0 saturated carbocycles. The van der Waals surface area contributed by atoms with E-state index in [1.807, 2.05) is 0 Å². The third-order valence-electron chi connectivity index (χ3n) is 3.74. The molecular formula is C14H31N3O3Si. The fourth-order valence-electron chi connectivity index (χ4n) is 2.36. The second-order valence-electron chi connectivity index (χ2n) is 5.18. The molecule has 0 N–H and O–H groups in total. The van der Waals surface area contributed by atoms with Gasteiger partial charge in [0.1, 0.15) is 0 Å². The minimum absolute atomic E-state index is 0.640. The van der Waals surface area contributed by atoms with E-state index in [4.69, 9.17) is 18.8 Å². The molecule has 0 aliphatic carbocycles. The molecule has 0 radical (unpaired) electrons. The van der Waals surface area contributed by atoms with Crippen LogP contribution in [0.2, 0.25) is 6.04 Å². The molecule has 0 amide bonds. The first-order chi connectivity index (χ1) is 10.2. The number of hydrogen-bond acceptors (Lipinski definition) is 4. The Morgan fingerprint density at radius 1 is 0.762 bits per heavy atom. The maximum atomic E-state index is 8.14. The zero-order chi connectivity index (χ0) is 15.8. The van der Waals surface area contributed by atoms with Crippen LogP contribution in [-0.4, -0.2) is 36.7 Å². The maximum Gasteiger partial charge on any atom is 0.500 e. The molecule has 124 valence electrons. The number of nitrogens with zero attached hydrogens (tertiary/aromatic N) is 3. The molecule has 0 fully saturated rings. The number of azide groups is 1. The van der Waals surface area contributed by atoms with Gasteiger partial charge in [0.25, 0.3) is 0 Å². The van der Waals surface area contributed by atoms with Crippen molar-refractivity contribution in [1.82, 2.24) is 0 Å². The van der Waals surface area contributed by atoms with E-state index in [-0.39, 0.29) is 0 Å². The molecule has 0 aromatic heterocycles. The van der Waals surface area contributed by atoms with Crippen molar-refractivity contribution >= 4 is 8.80 Å². The monoisotopic (exact) mass is 317 g/mol. The Balaban J connectivity index is 3.34. The van der Waals surface area contributed by atoms with Crippen molar-refractivity contribution in [2.24, 2.45) is 5.11 Å². The summed E-state index contributed by atoms with van der Waals surface area (Å²) in [6.45, 7) is 0.640. The smallest absolute Gasteiger partial charge is 0.377 e. The van der Waals surface area contributed by atoms with E-state index in [9.17, 15) is 0 Å². The van der Waals surface area contributed by atoms with Gasteiger partial charge in [-0.25, -0.2) is 0 Å². The molecule has 0 bridgehead atoms. The van der Waals surface area contributed by atoms with E-state index in [0.29, 0.717) is 6.54 Å². The summed E-state index contributed by atoms with van der Waals surface area (Å²) in [5, 5.41) is 3.53. The predicted molar refractivity (Wildman–Crippen MR) is 87.2 cm³/mol. The second-order valence-corrected chi connectivity index (χ2v) is 8.27. The van der Waals surface area contributed by atoms with Gasteiger partial charge in [-0.3, -0.25) is 0 Å². The molecule has 0 aliphatic rings. The number of hydrogen-bond donors (Lipinski definition) is 0. The summed E-state index contributed by atoms with van der Waals surface area (Å²) in [4.78, 5) is 2.75.